The molecule has 0 atom stereocenters. The molecule has 2 aromatic rings. The quantitative estimate of drug-likeness (QED) is 0.302. The Morgan fingerprint density at radius 1 is 1.17 bits per heavy atom. The molecule has 1 aliphatic rings. The largest absolute Gasteiger partial charge is 0.357 e. The van der Waals surface area contributed by atoms with Gasteiger partial charge in [0.15, 0.2) is 5.96 Å². The number of aliphatic imine (C=N–C) groups is 1. The van der Waals surface area contributed by atoms with Crippen molar-refractivity contribution in [1.29, 1.82) is 0 Å². The second-order valence-electron chi connectivity index (χ2n) is 7.05. The van der Waals surface area contributed by atoms with Gasteiger partial charge in [0.25, 0.3) is 0 Å². The predicted octanol–water partition coefficient (Wildman–Crippen LogP) is 3.16. The van der Waals surface area contributed by atoms with Crippen LogP contribution in [-0.4, -0.2) is 41.4 Å². The minimum absolute atomic E-state index is 0.199. The molecule has 0 aliphatic carbocycles. The summed E-state index contributed by atoms with van der Waals surface area (Å²) in [7, 11) is 0. The molecule has 154 valence electrons. The van der Waals surface area contributed by atoms with Crippen LogP contribution in [0, 0.1) is 0 Å². The molecule has 2 N–H and O–H groups in total. The van der Waals surface area contributed by atoms with E-state index in [0.29, 0.717) is 18.1 Å². The lowest BCUT2D eigenvalue weighted by Crippen LogP contribution is -2.38. The van der Waals surface area contributed by atoms with Gasteiger partial charge in [-0.15, -0.1) is 0 Å². The van der Waals surface area contributed by atoms with Crippen molar-refractivity contribution >= 4 is 23.5 Å². The summed E-state index contributed by atoms with van der Waals surface area (Å²) in [4.78, 5) is 23.1. The molecule has 0 unspecified atom stereocenters. The number of carbonyl (C=O) groups excluding carboxylic acids is 1. The summed E-state index contributed by atoms with van der Waals surface area (Å²) >= 11 is 5.81. The zero-order chi connectivity index (χ0) is 20.5. The zero-order valence-electron chi connectivity index (χ0n) is 16.8. The Morgan fingerprint density at radius 2 is 1.93 bits per heavy atom. The first-order valence-corrected chi connectivity index (χ1v) is 10.5. The van der Waals surface area contributed by atoms with Crippen LogP contribution in [-0.2, 0) is 24.3 Å². The molecule has 0 saturated heterocycles. The molecule has 0 saturated carbocycles. The number of hydrogen-bond acceptors (Lipinski definition) is 3. The van der Waals surface area contributed by atoms with Crippen molar-refractivity contribution in [1.82, 2.24) is 20.5 Å². The van der Waals surface area contributed by atoms with Crippen molar-refractivity contribution in [3.8, 4) is 0 Å². The first kappa shape index (κ1) is 21.1. The van der Waals surface area contributed by atoms with E-state index >= 15 is 0 Å². The van der Waals surface area contributed by atoms with Crippen LogP contribution in [0.15, 0.2) is 47.6 Å². The number of guanidine groups is 1. The predicted molar refractivity (Wildman–Crippen MR) is 117 cm³/mol. The summed E-state index contributed by atoms with van der Waals surface area (Å²) in [5.74, 6) is 0.972. The molecule has 0 radical (unpaired) electrons. The molecular weight excluding hydrogens is 386 g/mol. The van der Waals surface area contributed by atoms with E-state index in [9.17, 15) is 4.79 Å². The molecule has 1 aromatic heterocycles. The molecule has 7 heteroatoms. The van der Waals surface area contributed by atoms with Crippen LogP contribution in [0.1, 0.15) is 36.5 Å². The van der Waals surface area contributed by atoms with Crippen LogP contribution in [0.5, 0.6) is 0 Å². The SMILES string of the molecule is CCNC(=NCCCC(=O)N1Cc2ccccc2C1)NCCc1ccc(Cl)nc1. The molecule has 0 spiro atoms. The number of fused-ring (bicyclic) bond motifs is 1. The van der Waals surface area contributed by atoms with Crippen molar-refractivity contribution in [2.75, 3.05) is 19.6 Å². The number of amides is 1. The highest BCUT2D eigenvalue weighted by Crippen LogP contribution is 2.22. The molecular formula is C22H28ClN5O. The standard InChI is InChI=1S/C22H28ClN5O/c1-2-24-22(26-13-11-17-9-10-20(23)27-14-17)25-12-5-8-21(29)28-15-18-6-3-4-7-19(18)16-28/h3-4,6-7,9-10,14H,2,5,8,11-13,15-16H2,1H3,(H2,24,25,26). The number of nitrogens with zero attached hydrogens (tertiary/aromatic N) is 3. The lowest BCUT2D eigenvalue weighted by atomic mass is 10.1. The Bertz CT molecular complexity index is 812. The van der Waals surface area contributed by atoms with Gasteiger partial charge in [0.1, 0.15) is 5.15 Å². The first-order valence-electron chi connectivity index (χ1n) is 10.1. The van der Waals surface area contributed by atoms with Gasteiger partial charge in [-0.2, -0.15) is 0 Å². The molecule has 1 aliphatic heterocycles. The summed E-state index contributed by atoms with van der Waals surface area (Å²) in [6.07, 6.45) is 3.88. The molecule has 29 heavy (non-hydrogen) atoms. The van der Waals surface area contributed by atoms with E-state index in [1.807, 2.05) is 30.0 Å². The van der Waals surface area contributed by atoms with Crippen molar-refractivity contribution < 1.29 is 4.79 Å². The number of aromatic nitrogens is 1. The maximum absolute atomic E-state index is 12.5. The average Bonchev–Trinajstić information content (AvgIpc) is 3.17. The van der Waals surface area contributed by atoms with Crippen LogP contribution in [0.4, 0.5) is 0 Å². The Morgan fingerprint density at radius 3 is 2.59 bits per heavy atom. The average molecular weight is 414 g/mol. The Balaban J connectivity index is 1.38. The van der Waals surface area contributed by atoms with Crippen LogP contribution in [0.2, 0.25) is 5.15 Å². The molecule has 1 amide bonds. The number of nitrogens with one attached hydrogen (secondary N) is 2. The van der Waals surface area contributed by atoms with E-state index < -0.39 is 0 Å². The van der Waals surface area contributed by atoms with E-state index in [1.165, 1.54) is 11.1 Å². The topological polar surface area (TPSA) is 69.6 Å². The Kier molecular flexibility index (Phi) is 7.87. The lowest BCUT2D eigenvalue weighted by molar-refractivity contribution is -0.131. The highest BCUT2D eigenvalue weighted by Gasteiger charge is 2.22. The van der Waals surface area contributed by atoms with Crippen LogP contribution in [0.3, 0.4) is 0 Å². The van der Waals surface area contributed by atoms with E-state index in [-0.39, 0.29) is 5.91 Å². The van der Waals surface area contributed by atoms with Gasteiger partial charge in [0, 0.05) is 45.3 Å². The molecule has 0 fully saturated rings. The highest BCUT2D eigenvalue weighted by atomic mass is 35.5. The normalized spacial score (nSPS) is 13.3. The third kappa shape index (κ3) is 6.46. The fourth-order valence-corrected chi connectivity index (χ4v) is 3.42. The van der Waals surface area contributed by atoms with Gasteiger partial charge < -0.3 is 15.5 Å². The van der Waals surface area contributed by atoms with Gasteiger partial charge in [-0.3, -0.25) is 9.79 Å². The third-order valence-corrected chi connectivity index (χ3v) is 5.07. The van der Waals surface area contributed by atoms with Gasteiger partial charge in [0.2, 0.25) is 5.91 Å². The molecule has 1 aromatic carbocycles. The fraction of sp³-hybridized carbons (Fsp3) is 0.409. The summed E-state index contributed by atoms with van der Waals surface area (Å²) < 4.78 is 0. The zero-order valence-corrected chi connectivity index (χ0v) is 17.6. The number of hydrogen-bond donors (Lipinski definition) is 2. The fourth-order valence-electron chi connectivity index (χ4n) is 3.31. The van der Waals surface area contributed by atoms with Crippen molar-refractivity contribution in [2.24, 2.45) is 4.99 Å². The van der Waals surface area contributed by atoms with Gasteiger partial charge in [0.05, 0.1) is 0 Å². The smallest absolute Gasteiger partial charge is 0.223 e. The van der Waals surface area contributed by atoms with E-state index in [4.69, 9.17) is 11.6 Å². The third-order valence-electron chi connectivity index (χ3n) is 4.85. The van der Waals surface area contributed by atoms with Crippen LogP contribution in [0.25, 0.3) is 0 Å². The van der Waals surface area contributed by atoms with Gasteiger partial charge in [-0.25, -0.2) is 4.98 Å². The number of benzene rings is 1. The maximum Gasteiger partial charge on any atom is 0.223 e. The van der Waals surface area contributed by atoms with Gasteiger partial charge >= 0.3 is 0 Å². The van der Waals surface area contributed by atoms with Crippen molar-refractivity contribution in [3.63, 3.8) is 0 Å². The van der Waals surface area contributed by atoms with Crippen molar-refractivity contribution in [3.05, 3.63) is 64.4 Å². The minimum Gasteiger partial charge on any atom is -0.357 e. The number of pyridine rings is 1. The second kappa shape index (κ2) is 10.8. The molecule has 6 nitrogen and oxygen atoms in total. The first-order chi connectivity index (χ1) is 14.2. The number of carbonyl (C=O) groups is 1. The highest BCUT2D eigenvalue weighted by molar-refractivity contribution is 6.29. The monoisotopic (exact) mass is 413 g/mol. The molecule has 0 bridgehead atoms. The summed E-state index contributed by atoms with van der Waals surface area (Å²) in [6, 6.07) is 12.0. The van der Waals surface area contributed by atoms with E-state index in [2.05, 4.69) is 32.7 Å². The molecule has 3 rings (SSSR count). The number of rotatable bonds is 8. The van der Waals surface area contributed by atoms with Crippen LogP contribution >= 0.6 is 11.6 Å². The van der Waals surface area contributed by atoms with E-state index in [0.717, 1.165) is 50.5 Å². The molecule has 2 heterocycles. The lowest BCUT2D eigenvalue weighted by Gasteiger charge is -2.15. The minimum atomic E-state index is 0.199. The Labute approximate surface area is 177 Å². The van der Waals surface area contributed by atoms with Crippen LogP contribution < -0.4 is 10.6 Å². The number of halogens is 1. The van der Waals surface area contributed by atoms with Gasteiger partial charge in [-0.1, -0.05) is 41.9 Å². The van der Waals surface area contributed by atoms with Crippen molar-refractivity contribution in [2.45, 2.75) is 39.3 Å². The summed E-state index contributed by atoms with van der Waals surface area (Å²) in [5, 5.41) is 7.07. The second-order valence-corrected chi connectivity index (χ2v) is 7.44. The summed E-state index contributed by atoms with van der Waals surface area (Å²) in [5.41, 5.74) is 3.64. The summed E-state index contributed by atoms with van der Waals surface area (Å²) in [6.45, 7) is 5.64. The van der Waals surface area contributed by atoms with E-state index in [1.54, 1.807) is 12.3 Å². The Hall–Kier alpha value is -2.60. The van der Waals surface area contributed by atoms with Gasteiger partial charge in [-0.05, 0) is 42.5 Å². The maximum atomic E-state index is 12.5.